The fourth-order valence-corrected chi connectivity index (χ4v) is 2.89. The van der Waals surface area contributed by atoms with Crippen LogP contribution in [0.1, 0.15) is 16.8 Å². The van der Waals surface area contributed by atoms with E-state index in [1.807, 2.05) is 0 Å². The Morgan fingerprint density at radius 1 is 1.11 bits per heavy atom. The van der Waals surface area contributed by atoms with Crippen molar-refractivity contribution in [1.82, 2.24) is 4.98 Å². The molecule has 0 saturated heterocycles. The first-order valence-corrected chi connectivity index (χ1v) is 7.71. The average Bonchev–Trinajstić information content (AvgIpc) is 2.91. The number of H-pyrrole nitrogens is 1. The quantitative estimate of drug-likeness (QED) is 0.357. The van der Waals surface area contributed by atoms with Crippen LogP contribution >= 0.6 is 0 Å². The minimum Gasteiger partial charge on any atom is -0.507 e. The molecule has 0 fully saturated rings. The van der Waals surface area contributed by atoms with Gasteiger partial charge >= 0.3 is 6.36 Å². The van der Waals surface area contributed by atoms with Crippen molar-refractivity contribution in [3.05, 3.63) is 53.2 Å². The number of hydrogen-bond acceptors (Lipinski definition) is 5. The molecule has 0 aliphatic heterocycles. The fourth-order valence-electron chi connectivity index (χ4n) is 2.89. The van der Waals surface area contributed by atoms with E-state index >= 15 is 0 Å². The summed E-state index contributed by atoms with van der Waals surface area (Å²) < 4.78 is 46.2. The smallest absolute Gasteiger partial charge is 0.507 e. The van der Waals surface area contributed by atoms with Crippen LogP contribution < -0.4 is 9.47 Å². The van der Waals surface area contributed by atoms with Gasteiger partial charge in [-0.15, -0.1) is 13.2 Å². The highest BCUT2D eigenvalue weighted by molar-refractivity contribution is 6.21. The van der Waals surface area contributed by atoms with Gasteiger partial charge in [-0.1, -0.05) is 5.16 Å². The molecule has 2 aromatic carbocycles. The molecular formula is C18H15F3N2O4. The number of phenols is 1. The van der Waals surface area contributed by atoms with E-state index in [1.165, 1.54) is 31.4 Å². The van der Waals surface area contributed by atoms with E-state index in [-0.39, 0.29) is 22.8 Å². The Morgan fingerprint density at radius 3 is 2.41 bits per heavy atom. The van der Waals surface area contributed by atoms with Crippen molar-refractivity contribution < 1.29 is 33.0 Å². The molecular weight excluding hydrogens is 365 g/mol. The summed E-state index contributed by atoms with van der Waals surface area (Å²) in [4.78, 5) is 2.93. The van der Waals surface area contributed by atoms with E-state index in [2.05, 4.69) is 14.9 Å². The average molecular weight is 380 g/mol. The highest BCUT2D eigenvalue weighted by Gasteiger charge is 2.31. The molecule has 1 aromatic heterocycles. The third kappa shape index (κ3) is 3.62. The SMILES string of the molecule is COc1ccc(/C(=N/O)c2c(C)[nH]c3cc(OC(F)(F)F)ccc23)c(O)c1. The molecule has 3 aromatic rings. The third-order valence-corrected chi connectivity index (χ3v) is 3.99. The molecule has 0 aliphatic carbocycles. The predicted octanol–water partition coefficient (Wildman–Crippen LogP) is 4.32. The Kier molecular flexibility index (Phi) is 4.61. The standard InChI is InChI=1S/C18H15F3N2O4/c1-9-16(17(23-25)13-6-3-10(26-2)8-15(13)24)12-5-4-11(7-14(12)22-9)27-18(19,20)21/h3-8,22,24-25H,1-2H3/b23-17-. The van der Waals surface area contributed by atoms with Crippen LogP contribution in [-0.4, -0.2) is 34.5 Å². The molecule has 0 aliphatic rings. The molecule has 142 valence electrons. The molecule has 0 radical (unpaired) electrons. The number of rotatable bonds is 4. The minimum absolute atomic E-state index is 0.0587. The number of fused-ring (bicyclic) bond motifs is 1. The monoisotopic (exact) mass is 380 g/mol. The Labute approximate surface area is 151 Å². The minimum atomic E-state index is -4.80. The molecule has 6 nitrogen and oxygen atoms in total. The lowest BCUT2D eigenvalue weighted by atomic mass is 9.98. The second-order valence-electron chi connectivity index (χ2n) is 5.71. The Morgan fingerprint density at radius 2 is 1.81 bits per heavy atom. The number of nitrogens with one attached hydrogen (secondary N) is 1. The number of alkyl halides is 3. The zero-order chi connectivity index (χ0) is 19.8. The van der Waals surface area contributed by atoms with Crippen LogP contribution in [0.4, 0.5) is 13.2 Å². The first-order valence-electron chi connectivity index (χ1n) is 7.71. The lowest BCUT2D eigenvalue weighted by Gasteiger charge is -2.10. The molecule has 1 heterocycles. The van der Waals surface area contributed by atoms with Gasteiger partial charge in [-0.05, 0) is 31.2 Å². The number of phenolic OH excluding ortho intramolecular Hbond substituents is 1. The van der Waals surface area contributed by atoms with Gasteiger partial charge in [0, 0.05) is 39.9 Å². The number of methoxy groups -OCH3 is 1. The molecule has 0 spiro atoms. The van der Waals surface area contributed by atoms with Crippen molar-refractivity contribution in [3.8, 4) is 17.2 Å². The van der Waals surface area contributed by atoms with Gasteiger partial charge in [-0.25, -0.2) is 0 Å². The van der Waals surface area contributed by atoms with Crippen molar-refractivity contribution in [2.75, 3.05) is 7.11 Å². The molecule has 0 atom stereocenters. The largest absolute Gasteiger partial charge is 0.573 e. The highest BCUT2D eigenvalue weighted by atomic mass is 19.4. The summed E-state index contributed by atoms with van der Waals surface area (Å²) in [5, 5.41) is 23.6. The number of aryl methyl sites for hydroxylation is 1. The summed E-state index contributed by atoms with van der Waals surface area (Å²) in [5.74, 6) is -0.136. The summed E-state index contributed by atoms with van der Waals surface area (Å²) >= 11 is 0. The zero-order valence-corrected chi connectivity index (χ0v) is 14.3. The molecule has 9 heteroatoms. The van der Waals surface area contributed by atoms with Crippen LogP contribution in [0.3, 0.4) is 0 Å². The first kappa shape index (κ1) is 18.4. The number of nitrogens with zero attached hydrogens (tertiary/aromatic N) is 1. The number of ether oxygens (including phenoxy) is 2. The Balaban J connectivity index is 2.11. The number of oxime groups is 1. The van der Waals surface area contributed by atoms with E-state index in [0.717, 1.165) is 6.07 Å². The summed E-state index contributed by atoms with van der Waals surface area (Å²) in [6.45, 7) is 1.67. The van der Waals surface area contributed by atoms with Crippen molar-refractivity contribution in [1.29, 1.82) is 0 Å². The van der Waals surface area contributed by atoms with Crippen molar-refractivity contribution in [2.45, 2.75) is 13.3 Å². The molecule has 0 unspecified atom stereocenters. The molecule has 27 heavy (non-hydrogen) atoms. The maximum Gasteiger partial charge on any atom is 0.573 e. The summed E-state index contributed by atoms with van der Waals surface area (Å²) in [7, 11) is 1.44. The molecule has 0 saturated carbocycles. The fraction of sp³-hybridized carbons (Fsp3) is 0.167. The molecule has 0 bridgehead atoms. The zero-order valence-electron chi connectivity index (χ0n) is 14.3. The normalized spacial score (nSPS) is 12.4. The van der Waals surface area contributed by atoms with Crippen LogP contribution in [0.15, 0.2) is 41.6 Å². The second kappa shape index (κ2) is 6.75. The molecule has 0 amide bonds. The lowest BCUT2D eigenvalue weighted by molar-refractivity contribution is -0.274. The van der Waals surface area contributed by atoms with Crippen molar-refractivity contribution in [2.24, 2.45) is 5.16 Å². The van der Waals surface area contributed by atoms with Crippen molar-refractivity contribution >= 4 is 16.6 Å². The summed E-state index contributed by atoms with van der Waals surface area (Å²) in [5.41, 5.74) is 1.63. The Hall–Kier alpha value is -3.36. The number of aromatic amines is 1. The number of halogens is 3. The van der Waals surface area contributed by atoms with Crippen LogP contribution in [0, 0.1) is 6.92 Å². The van der Waals surface area contributed by atoms with Gasteiger partial charge in [0.25, 0.3) is 0 Å². The summed E-state index contributed by atoms with van der Waals surface area (Å²) in [6, 6.07) is 8.24. The van der Waals surface area contributed by atoms with E-state index in [4.69, 9.17) is 4.74 Å². The van der Waals surface area contributed by atoms with Gasteiger partial charge in [-0.2, -0.15) is 0 Å². The predicted molar refractivity (Wildman–Crippen MR) is 91.8 cm³/mol. The van der Waals surface area contributed by atoms with Crippen molar-refractivity contribution in [3.63, 3.8) is 0 Å². The van der Waals surface area contributed by atoms with Crippen LogP contribution in [0.5, 0.6) is 17.2 Å². The molecule has 3 rings (SSSR count). The summed E-state index contributed by atoms with van der Waals surface area (Å²) in [6.07, 6.45) is -4.80. The number of aromatic hydroxyl groups is 1. The van der Waals surface area contributed by atoms with E-state index in [0.29, 0.717) is 27.9 Å². The lowest BCUT2D eigenvalue weighted by Crippen LogP contribution is -2.17. The highest BCUT2D eigenvalue weighted by Crippen LogP contribution is 2.33. The second-order valence-corrected chi connectivity index (χ2v) is 5.71. The van der Waals surface area contributed by atoms with Gasteiger partial charge in [0.15, 0.2) is 0 Å². The van der Waals surface area contributed by atoms with Gasteiger partial charge in [0.2, 0.25) is 0 Å². The number of benzene rings is 2. The topological polar surface area (TPSA) is 87.1 Å². The van der Waals surface area contributed by atoms with Gasteiger partial charge in [-0.3, -0.25) is 0 Å². The van der Waals surface area contributed by atoms with Crippen LogP contribution in [0.25, 0.3) is 10.9 Å². The third-order valence-electron chi connectivity index (χ3n) is 3.99. The first-order chi connectivity index (χ1) is 12.7. The van der Waals surface area contributed by atoms with Gasteiger partial charge < -0.3 is 24.8 Å². The van der Waals surface area contributed by atoms with E-state index in [9.17, 15) is 23.5 Å². The van der Waals surface area contributed by atoms with E-state index < -0.39 is 6.36 Å². The number of hydrogen-bond donors (Lipinski definition) is 3. The molecule has 3 N–H and O–H groups in total. The van der Waals surface area contributed by atoms with Gasteiger partial charge in [0.05, 0.1) is 7.11 Å². The maximum absolute atomic E-state index is 12.4. The maximum atomic E-state index is 12.4. The van der Waals surface area contributed by atoms with Gasteiger partial charge in [0.1, 0.15) is 23.0 Å². The van der Waals surface area contributed by atoms with E-state index in [1.54, 1.807) is 13.0 Å². The van der Waals surface area contributed by atoms with Crippen LogP contribution in [-0.2, 0) is 0 Å². The Bertz CT molecular complexity index is 1030. The number of aromatic nitrogens is 1. The van der Waals surface area contributed by atoms with Crippen LogP contribution in [0.2, 0.25) is 0 Å².